The Morgan fingerprint density at radius 1 is 0.460 bits per heavy atom. The highest BCUT2D eigenvalue weighted by atomic mass is 19.1. The van der Waals surface area contributed by atoms with E-state index < -0.39 is 226 Å². The van der Waals surface area contributed by atoms with Gasteiger partial charge in [0, 0.05) is 48.9 Å². The van der Waals surface area contributed by atoms with Crippen molar-refractivity contribution in [3.05, 3.63) is 144 Å². The van der Waals surface area contributed by atoms with Crippen LogP contribution in [0.25, 0.3) is 22.5 Å². The van der Waals surface area contributed by atoms with Gasteiger partial charge < -0.3 is 129 Å². The van der Waals surface area contributed by atoms with Crippen molar-refractivity contribution in [2.45, 2.75) is 320 Å². The number of carbonyl (C=O) groups excluding carboxylic acids is 5. The van der Waals surface area contributed by atoms with Crippen LogP contribution in [0.3, 0.4) is 0 Å². The van der Waals surface area contributed by atoms with Crippen molar-refractivity contribution in [1.82, 2.24) is 45.5 Å². The van der Waals surface area contributed by atoms with Crippen molar-refractivity contribution < 1.29 is 151 Å². The SMILES string of the molecule is CNCCCC(=O)C1CC(n2cc(-c3cccc(F)c3)nn2)[C@@H](O[C@@H]2OC(C)[C@@H](O)[C@H](O)C2O)[C@H](O[C@@H]2O[C@@H](CO)[C@H](O)C(O[C@@H](CC3CCCCC3)C(=O)N3CCC3)C2OC(=O)c2ccccc2)C1.CNCCCC(=O)C1CC(n2cc(-c3cccc(F)c3)nn2)[C@@H](O[C@@H]2OC(C)[C@@H](O)[C@H](O)C2O)[C@H](O[C@@H]2O[C@@H](CO)[C@H](O)C(O[C@@H](CC3CCCCC3)C(=O)O)C2OC(=O)c2ccccc2)C1. The van der Waals surface area contributed by atoms with Crippen molar-refractivity contribution in [3.63, 3.8) is 0 Å². The number of halogens is 2. The third kappa shape index (κ3) is 26.0. The number of carbonyl (C=O) groups is 6. The third-order valence-electron chi connectivity index (χ3n) is 28.0. The molecule has 2 aromatic heterocycles. The first-order valence-corrected chi connectivity index (χ1v) is 48.0. The fraction of sp³-hybridized carbons (Fsp3) is 0.649. The summed E-state index contributed by atoms with van der Waals surface area (Å²) in [5.41, 5.74) is 1.61. The molecule has 7 heterocycles. The third-order valence-corrected chi connectivity index (χ3v) is 28.0. The van der Waals surface area contributed by atoms with Gasteiger partial charge >= 0.3 is 17.9 Å². The van der Waals surface area contributed by atoms with Gasteiger partial charge in [-0.05, 0) is 159 Å². The molecule has 4 aliphatic carbocycles. The monoisotopic (exact) mass is 1920 g/mol. The van der Waals surface area contributed by atoms with E-state index in [0.717, 1.165) is 70.6 Å². The minimum atomic E-state index is -1.79. The molecular formula is C97H131F2N9O29. The van der Waals surface area contributed by atoms with Crippen LogP contribution in [-0.2, 0) is 76.0 Å². The molecule has 5 saturated heterocycles. The molecule has 137 heavy (non-hydrogen) atoms. The lowest BCUT2D eigenvalue weighted by Gasteiger charge is -2.49. The number of rotatable bonds is 38. The minimum Gasteiger partial charge on any atom is -0.479 e. The maximum absolute atomic E-state index is 14.5. The molecule has 9 fully saturated rings. The van der Waals surface area contributed by atoms with Gasteiger partial charge in [-0.25, -0.2) is 32.5 Å². The number of aromatic nitrogens is 6. The number of benzene rings is 4. The van der Waals surface area contributed by atoms with Crippen LogP contribution in [0.1, 0.15) is 181 Å². The molecule has 6 aromatic rings. The molecule has 4 saturated carbocycles. The van der Waals surface area contributed by atoms with Crippen molar-refractivity contribution >= 4 is 35.4 Å². The van der Waals surface area contributed by atoms with Crippen molar-refractivity contribution in [2.75, 3.05) is 53.5 Å². The summed E-state index contributed by atoms with van der Waals surface area (Å²) in [6, 6.07) is 25.6. The molecule has 0 bridgehead atoms. The standard InChI is InChI=1S/C50H68FN5O14.C47H63FN4O15/c1-28-40(59)42(61)43(62)49(65-28)70-44-35(56-26-34(53-54-56)31-16-9-17-33(51)23-31)24-32(36(58)18-10-19-52-2)25-37(44)67-50-46(69-48(64)30-14-7-4-8-15-30)45(41(60)39(27-57)68-50)66-38(47(63)55-20-11-21-55)22-29-12-5-3-6-13-29;1-25-37(55)39(57)40(58)46(62-25)67-41-32(52-23-31(50-51-52)28-15-9-16-30(48)20-28)21-29(33(54)17-10-18-49-2)22-34(41)64-47-43(66-45(61)27-13-7-4-8-14-27)42(38(56)36(24-53)65-47)63-35(44(59)60)19-26-11-5-3-6-12-26/h4,7-9,14-17,23,26,28-29,32,35,37-46,49-50,52,57,59-62H,3,5-6,10-13,18-22,24-25,27H2,1-2H3;4,7-9,13-16,20,23,25-26,29,32,34-43,46-47,49,53,55-58H,3,5-6,10-12,17-19,21-22,24H2,1-2H3,(H,59,60)/t28?,32?,35?,37-,38+,39+,40-,41+,42+,43?,44-,45?,46?,49+,50-;25?,29?,32?,34-,35+,36+,37-,38+,39+,40?,41-,42?,43?,46+,47-/m11/s1. The molecular weight excluding hydrogens is 1790 g/mol. The summed E-state index contributed by atoms with van der Waals surface area (Å²) >= 11 is 0. The van der Waals surface area contributed by atoms with Gasteiger partial charge in [-0.3, -0.25) is 14.4 Å². The number of carboxylic acid groups (broad SMARTS) is 1. The molecule has 0 spiro atoms. The number of hydrogen-bond donors (Lipinski definition) is 13. The molecule has 12 unspecified atom stereocenters. The number of aliphatic hydroxyl groups excluding tert-OH is 10. The van der Waals surface area contributed by atoms with Crippen LogP contribution in [0.2, 0.25) is 0 Å². The first kappa shape index (κ1) is 104. The highest BCUT2D eigenvalue weighted by Gasteiger charge is 2.58. The maximum Gasteiger partial charge on any atom is 0.338 e. The predicted octanol–water partition coefficient (Wildman–Crippen LogP) is 4.78. The zero-order valence-corrected chi connectivity index (χ0v) is 77.3. The number of aliphatic carboxylic acids is 1. The number of carboxylic acids is 1. The van der Waals surface area contributed by atoms with Gasteiger partial charge in [-0.1, -0.05) is 135 Å². The van der Waals surface area contributed by atoms with Crippen molar-refractivity contribution in [2.24, 2.45) is 23.7 Å². The normalized spacial score (nSPS) is 33.2. The van der Waals surface area contributed by atoms with E-state index >= 15 is 0 Å². The van der Waals surface area contributed by atoms with Crippen LogP contribution in [0.5, 0.6) is 0 Å². The summed E-state index contributed by atoms with van der Waals surface area (Å²) in [7, 11) is 3.55. The quantitative estimate of drug-likeness (QED) is 0.0183. The Hall–Kier alpha value is -8.64. The van der Waals surface area contributed by atoms with E-state index in [2.05, 4.69) is 31.3 Å². The Bertz CT molecular complexity index is 4850. The van der Waals surface area contributed by atoms with E-state index in [-0.39, 0.29) is 96.8 Å². The van der Waals surface area contributed by atoms with Gasteiger partial charge in [0.05, 0.1) is 73.2 Å². The number of aliphatic hydroxyl groups is 10. The van der Waals surface area contributed by atoms with Crippen LogP contribution in [0.4, 0.5) is 8.78 Å². The Balaban J connectivity index is 0.000000219. The van der Waals surface area contributed by atoms with Crippen molar-refractivity contribution in [1.29, 1.82) is 0 Å². The lowest BCUT2D eigenvalue weighted by Crippen LogP contribution is -2.64. The fourth-order valence-corrected chi connectivity index (χ4v) is 20.1. The predicted molar refractivity (Wildman–Crippen MR) is 478 cm³/mol. The molecule has 752 valence electrons. The second-order valence-electron chi connectivity index (χ2n) is 37.5. The zero-order valence-electron chi connectivity index (χ0n) is 77.3. The van der Waals surface area contributed by atoms with E-state index in [0.29, 0.717) is 56.6 Å². The first-order chi connectivity index (χ1) is 66.1. The second kappa shape index (κ2) is 49.2. The summed E-state index contributed by atoms with van der Waals surface area (Å²) in [6.45, 7) is 3.63. The summed E-state index contributed by atoms with van der Waals surface area (Å²) in [5, 5.41) is 145. The number of hydrogen-bond acceptors (Lipinski definition) is 34. The highest BCUT2D eigenvalue weighted by Crippen LogP contribution is 2.46. The summed E-state index contributed by atoms with van der Waals surface area (Å²) in [5.74, 6) is -5.90. The van der Waals surface area contributed by atoms with E-state index in [1.165, 1.54) is 77.9 Å². The smallest absolute Gasteiger partial charge is 0.338 e. The van der Waals surface area contributed by atoms with Crippen LogP contribution >= 0.6 is 0 Å². The van der Waals surface area contributed by atoms with Crippen LogP contribution in [-0.4, -0.2) is 339 Å². The number of nitrogens with zero attached hydrogens (tertiary/aromatic N) is 7. The van der Waals surface area contributed by atoms with Gasteiger partial charge in [-0.15, -0.1) is 10.2 Å². The minimum absolute atomic E-state index is 0.00965. The second-order valence-corrected chi connectivity index (χ2v) is 37.5. The van der Waals surface area contributed by atoms with E-state index in [4.69, 9.17) is 56.8 Å². The van der Waals surface area contributed by atoms with E-state index in [9.17, 15) is 93.7 Å². The molecule has 5 aliphatic heterocycles. The topological polar surface area (TPSA) is 524 Å². The lowest BCUT2D eigenvalue weighted by molar-refractivity contribution is -0.348. The summed E-state index contributed by atoms with van der Waals surface area (Å²) in [4.78, 5) is 85.3. The molecule has 13 N–H and O–H groups in total. The number of amides is 1. The van der Waals surface area contributed by atoms with Gasteiger partial charge in [0.2, 0.25) is 0 Å². The Kier molecular flexibility index (Phi) is 37.4. The molecule has 38 nitrogen and oxygen atoms in total. The average Bonchev–Trinajstić information content (AvgIpc) is 1.66. The van der Waals surface area contributed by atoms with Gasteiger partial charge in [0.15, 0.2) is 43.5 Å². The van der Waals surface area contributed by atoms with Crippen molar-refractivity contribution in [3.8, 4) is 22.5 Å². The van der Waals surface area contributed by atoms with E-state index in [1.54, 1.807) is 85.9 Å². The molecule has 9 aliphatic rings. The molecule has 40 heteroatoms. The summed E-state index contributed by atoms with van der Waals surface area (Å²) < 4.78 is 109. The van der Waals surface area contributed by atoms with Gasteiger partial charge in [0.25, 0.3) is 5.91 Å². The Labute approximate surface area is 792 Å². The first-order valence-electron chi connectivity index (χ1n) is 48.0. The lowest BCUT2D eigenvalue weighted by atomic mass is 9.78. The largest absolute Gasteiger partial charge is 0.479 e. The highest BCUT2D eigenvalue weighted by molar-refractivity contribution is 5.90. The number of Topliss-reactive ketones (excluding diaryl/α,β-unsaturated/α-hetero) is 2. The average molecular weight is 1930 g/mol. The number of ether oxygens (including phenoxy) is 12. The van der Waals surface area contributed by atoms with Crippen LogP contribution < -0.4 is 10.6 Å². The fourth-order valence-electron chi connectivity index (χ4n) is 20.1. The number of esters is 2. The number of likely N-dealkylation sites (tertiary alicyclic amines) is 1. The molecule has 15 rings (SSSR count). The Morgan fingerprint density at radius 2 is 0.869 bits per heavy atom. The van der Waals surface area contributed by atoms with E-state index in [1.807, 2.05) is 0 Å². The van der Waals surface area contributed by atoms with Gasteiger partial charge in [-0.2, -0.15) is 0 Å². The Morgan fingerprint density at radius 3 is 1.25 bits per heavy atom. The van der Waals surface area contributed by atoms with Crippen LogP contribution in [0, 0.1) is 35.3 Å². The molecule has 30 atom stereocenters. The van der Waals surface area contributed by atoms with Crippen LogP contribution in [0.15, 0.2) is 122 Å². The summed E-state index contributed by atoms with van der Waals surface area (Å²) in [6.07, 6.45) is -23.7. The number of nitrogens with one attached hydrogen (secondary N) is 2. The molecule has 1 amide bonds. The molecule has 4 aromatic carbocycles. The van der Waals surface area contributed by atoms with Gasteiger partial charge in [0.1, 0.15) is 126 Å². The molecule has 0 radical (unpaired) electrons. The number of ketones is 2. The maximum atomic E-state index is 14.5. The zero-order chi connectivity index (χ0) is 97.3.